The molecule has 1 unspecified atom stereocenters. The van der Waals surface area contributed by atoms with E-state index in [1.807, 2.05) is 6.08 Å². The molecule has 0 spiro atoms. The van der Waals surface area contributed by atoms with Crippen molar-refractivity contribution in [3.63, 3.8) is 0 Å². The first-order chi connectivity index (χ1) is 5.25. The van der Waals surface area contributed by atoms with E-state index in [9.17, 15) is 9.90 Å². The Balaban J connectivity index is 2.75. The van der Waals surface area contributed by atoms with Crippen LogP contribution in [0.1, 0.15) is 6.42 Å². The number of Topliss-reactive ketones (excluding diaryl/α,β-unsaturated/α-hetero) is 1. The number of hydrogen-bond acceptors (Lipinski definition) is 2. The molecule has 0 aliphatic heterocycles. The number of halogens is 1. The lowest BCUT2D eigenvalue weighted by atomic mass is 9.99. The molecule has 2 nitrogen and oxygen atoms in total. The van der Waals surface area contributed by atoms with Gasteiger partial charge >= 0.3 is 0 Å². The lowest BCUT2D eigenvalue weighted by Crippen LogP contribution is -2.19. The Morgan fingerprint density at radius 1 is 1.82 bits per heavy atom. The first kappa shape index (κ1) is 8.68. The standard InChI is InChI=1S/C8H9BrO2/c9-5-8(11)6-3-1-2-4-7(6)10/h1-3,7,10H,4-5H2. The van der Waals surface area contributed by atoms with Crippen LogP contribution in [0.2, 0.25) is 0 Å². The van der Waals surface area contributed by atoms with Gasteiger partial charge in [-0.05, 0) is 6.42 Å². The van der Waals surface area contributed by atoms with Gasteiger partial charge in [0.1, 0.15) is 0 Å². The van der Waals surface area contributed by atoms with E-state index in [-0.39, 0.29) is 11.1 Å². The number of carbonyl (C=O) groups excluding carboxylic acids is 1. The Bertz CT molecular complexity index is 218. The number of allylic oxidation sites excluding steroid dienone is 2. The average Bonchev–Trinajstić information content (AvgIpc) is 2.04. The molecule has 3 heteroatoms. The van der Waals surface area contributed by atoms with Crippen LogP contribution >= 0.6 is 15.9 Å². The summed E-state index contributed by atoms with van der Waals surface area (Å²) in [6, 6.07) is 0. The van der Waals surface area contributed by atoms with Gasteiger partial charge in [-0.3, -0.25) is 4.79 Å². The average molecular weight is 217 g/mol. The van der Waals surface area contributed by atoms with Crippen LogP contribution in [0, 0.1) is 0 Å². The zero-order valence-corrected chi connectivity index (χ0v) is 7.54. The molecule has 60 valence electrons. The van der Waals surface area contributed by atoms with Gasteiger partial charge in [0.05, 0.1) is 11.4 Å². The Morgan fingerprint density at radius 3 is 3.09 bits per heavy atom. The summed E-state index contributed by atoms with van der Waals surface area (Å²) >= 11 is 3.05. The van der Waals surface area contributed by atoms with Crippen LogP contribution in [0.5, 0.6) is 0 Å². The molecule has 0 bridgehead atoms. The second kappa shape index (κ2) is 3.83. The number of aliphatic hydroxyl groups is 1. The third-order valence-corrected chi connectivity index (χ3v) is 2.08. The quantitative estimate of drug-likeness (QED) is 0.705. The molecular formula is C8H9BrO2. The van der Waals surface area contributed by atoms with Gasteiger partial charge in [-0.1, -0.05) is 34.2 Å². The topological polar surface area (TPSA) is 37.3 Å². The third kappa shape index (κ3) is 2.01. The Labute approximate surface area is 73.7 Å². The van der Waals surface area contributed by atoms with Crippen LogP contribution in [0.4, 0.5) is 0 Å². The molecule has 0 amide bonds. The van der Waals surface area contributed by atoms with Crippen molar-refractivity contribution in [1.82, 2.24) is 0 Å². The van der Waals surface area contributed by atoms with Crippen molar-refractivity contribution in [2.75, 3.05) is 5.33 Å². The van der Waals surface area contributed by atoms with Crippen LogP contribution < -0.4 is 0 Å². The lowest BCUT2D eigenvalue weighted by Gasteiger charge is -2.13. The Kier molecular flexibility index (Phi) is 3.02. The smallest absolute Gasteiger partial charge is 0.171 e. The van der Waals surface area contributed by atoms with Gasteiger partial charge in [-0.2, -0.15) is 0 Å². The SMILES string of the molecule is O=C(CBr)C1=CC=CCC1O. The Hall–Kier alpha value is -0.410. The molecule has 1 atom stereocenters. The van der Waals surface area contributed by atoms with Crippen LogP contribution in [0.25, 0.3) is 0 Å². The minimum atomic E-state index is -0.606. The molecule has 1 N–H and O–H groups in total. The fourth-order valence-electron chi connectivity index (χ4n) is 0.973. The van der Waals surface area contributed by atoms with Crippen molar-refractivity contribution >= 4 is 21.7 Å². The summed E-state index contributed by atoms with van der Waals surface area (Å²) in [5.74, 6) is -0.0400. The molecule has 0 saturated heterocycles. The van der Waals surface area contributed by atoms with Crippen molar-refractivity contribution in [3.05, 3.63) is 23.8 Å². The molecule has 1 aliphatic carbocycles. The summed E-state index contributed by atoms with van der Waals surface area (Å²) < 4.78 is 0. The van der Waals surface area contributed by atoms with E-state index in [1.165, 1.54) is 0 Å². The van der Waals surface area contributed by atoms with Gasteiger partial charge in [-0.25, -0.2) is 0 Å². The summed E-state index contributed by atoms with van der Waals surface area (Å²) in [6.07, 6.45) is 5.24. The van der Waals surface area contributed by atoms with E-state index in [2.05, 4.69) is 15.9 Å². The normalized spacial score (nSPS) is 23.1. The van der Waals surface area contributed by atoms with E-state index in [1.54, 1.807) is 12.2 Å². The van der Waals surface area contributed by atoms with Crippen molar-refractivity contribution in [2.24, 2.45) is 0 Å². The molecule has 1 aliphatic rings. The minimum absolute atomic E-state index is 0.0400. The van der Waals surface area contributed by atoms with Gasteiger partial charge in [0.2, 0.25) is 0 Å². The largest absolute Gasteiger partial charge is 0.388 e. The predicted molar refractivity (Wildman–Crippen MR) is 46.6 cm³/mol. The molecule has 0 aromatic heterocycles. The lowest BCUT2D eigenvalue weighted by molar-refractivity contribution is -0.114. The van der Waals surface area contributed by atoms with Gasteiger partial charge < -0.3 is 5.11 Å². The number of alkyl halides is 1. The number of hydrogen-bond donors (Lipinski definition) is 1. The van der Waals surface area contributed by atoms with Crippen molar-refractivity contribution in [2.45, 2.75) is 12.5 Å². The third-order valence-electron chi connectivity index (χ3n) is 1.57. The van der Waals surface area contributed by atoms with Crippen LogP contribution in [0.15, 0.2) is 23.8 Å². The van der Waals surface area contributed by atoms with E-state index >= 15 is 0 Å². The van der Waals surface area contributed by atoms with Crippen LogP contribution in [0.3, 0.4) is 0 Å². The monoisotopic (exact) mass is 216 g/mol. The van der Waals surface area contributed by atoms with Crippen molar-refractivity contribution < 1.29 is 9.90 Å². The van der Waals surface area contributed by atoms with Gasteiger partial charge in [-0.15, -0.1) is 0 Å². The first-order valence-electron chi connectivity index (χ1n) is 3.39. The summed E-state index contributed by atoms with van der Waals surface area (Å²) in [6.45, 7) is 0. The summed E-state index contributed by atoms with van der Waals surface area (Å²) in [4.78, 5) is 11.1. The molecule has 11 heavy (non-hydrogen) atoms. The highest BCUT2D eigenvalue weighted by molar-refractivity contribution is 9.09. The number of aliphatic hydroxyl groups excluding tert-OH is 1. The summed E-state index contributed by atoms with van der Waals surface area (Å²) in [7, 11) is 0. The maximum absolute atomic E-state index is 11.1. The molecular weight excluding hydrogens is 208 g/mol. The highest BCUT2D eigenvalue weighted by Gasteiger charge is 2.17. The van der Waals surface area contributed by atoms with Crippen molar-refractivity contribution in [1.29, 1.82) is 0 Å². The van der Waals surface area contributed by atoms with Crippen LogP contribution in [-0.2, 0) is 4.79 Å². The number of ketones is 1. The van der Waals surface area contributed by atoms with Crippen molar-refractivity contribution in [3.8, 4) is 0 Å². The van der Waals surface area contributed by atoms with Gasteiger partial charge in [0, 0.05) is 5.57 Å². The maximum atomic E-state index is 11.1. The second-order valence-corrected chi connectivity index (χ2v) is 2.92. The van der Waals surface area contributed by atoms with E-state index in [0.717, 1.165) is 0 Å². The van der Waals surface area contributed by atoms with Crippen LogP contribution in [-0.4, -0.2) is 22.3 Å². The molecule has 0 radical (unpaired) electrons. The molecule has 0 aromatic rings. The molecule has 0 aromatic carbocycles. The first-order valence-corrected chi connectivity index (χ1v) is 4.52. The fraction of sp³-hybridized carbons (Fsp3) is 0.375. The second-order valence-electron chi connectivity index (χ2n) is 2.36. The minimum Gasteiger partial charge on any atom is -0.388 e. The molecule has 0 fully saturated rings. The molecule has 0 saturated carbocycles. The zero-order valence-electron chi connectivity index (χ0n) is 5.96. The molecule has 1 rings (SSSR count). The molecule has 0 heterocycles. The number of carbonyl (C=O) groups is 1. The summed E-state index contributed by atoms with van der Waals surface area (Å²) in [5.41, 5.74) is 0.504. The summed E-state index contributed by atoms with van der Waals surface area (Å²) in [5, 5.41) is 9.59. The highest BCUT2D eigenvalue weighted by atomic mass is 79.9. The predicted octanol–water partition coefficient (Wildman–Crippen LogP) is 1.20. The zero-order chi connectivity index (χ0) is 8.27. The Morgan fingerprint density at radius 2 is 2.55 bits per heavy atom. The highest BCUT2D eigenvalue weighted by Crippen LogP contribution is 2.14. The van der Waals surface area contributed by atoms with Gasteiger partial charge in [0.25, 0.3) is 0 Å². The fourth-order valence-corrected chi connectivity index (χ4v) is 1.30. The van der Waals surface area contributed by atoms with Gasteiger partial charge in [0.15, 0.2) is 5.78 Å². The maximum Gasteiger partial charge on any atom is 0.171 e. The number of rotatable bonds is 2. The van der Waals surface area contributed by atoms with E-state index in [0.29, 0.717) is 12.0 Å². The van der Waals surface area contributed by atoms with E-state index in [4.69, 9.17) is 0 Å². The van der Waals surface area contributed by atoms with E-state index < -0.39 is 6.10 Å².